The Hall–Kier alpha value is -9.81. The van der Waals surface area contributed by atoms with Crippen LogP contribution in [0.2, 0.25) is 0 Å². The van der Waals surface area contributed by atoms with Crippen LogP contribution < -0.4 is 9.80 Å². The van der Waals surface area contributed by atoms with E-state index in [0.717, 1.165) is 122 Å². The minimum absolute atomic E-state index is 0.0234. The zero-order valence-electron chi connectivity index (χ0n) is 56.0. The summed E-state index contributed by atoms with van der Waals surface area (Å²) in [6.45, 7) is 27.4. The summed E-state index contributed by atoms with van der Waals surface area (Å²) in [5, 5.41) is 4.14. The van der Waals surface area contributed by atoms with Gasteiger partial charge in [0.05, 0.1) is 22.2 Å². The first-order valence-corrected chi connectivity index (χ1v) is 33.9. The second-order valence-electron chi connectivity index (χ2n) is 29.7. The fourth-order valence-corrected chi connectivity index (χ4v) is 15.2. The van der Waals surface area contributed by atoms with Crippen LogP contribution in [0.3, 0.4) is 0 Å². The van der Waals surface area contributed by atoms with E-state index in [9.17, 15) is 0 Å². The number of benzene rings is 12. The van der Waals surface area contributed by atoms with Crippen LogP contribution >= 0.6 is 11.8 Å². The Labute approximate surface area is 558 Å². The van der Waals surface area contributed by atoms with Gasteiger partial charge in [0.2, 0.25) is 0 Å². The Morgan fingerprint density at radius 3 is 1.12 bits per heavy atom. The van der Waals surface area contributed by atoms with Crippen molar-refractivity contribution in [2.45, 2.75) is 120 Å². The molecule has 2 heterocycles. The molecule has 4 nitrogen and oxygen atoms in total. The van der Waals surface area contributed by atoms with Crippen LogP contribution in [0.25, 0.3) is 66.1 Å². The fraction of sp³-hybridized carbons (Fsp3) is 0.191. The molecule has 0 saturated heterocycles. The molecule has 0 amide bonds. The number of hydrogen-bond donors (Lipinski definition) is 0. The largest absolute Gasteiger partial charge is 0.455 e. The van der Waals surface area contributed by atoms with Gasteiger partial charge in [-0.1, -0.05) is 265 Å². The third-order valence-corrected chi connectivity index (χ3v) is 20.5. The van der Waals surface area contributed by atoms with Gasteiger partial charge >= 0.3 is 0 Å². The van der Waals surface area contributed by atoms with Gasteiger partial charge in [0, 0.05) is 59.8 Å². The van der Waals surface area contributed by atoms with Crippen LogP contribution in [0.1, 0.15) is 128 Å². The molecule has 0 radical (unpaired) electrons. The van der Waals surface area contributed by atoms with Crippen molar-refractivity contribution in [1.82, 2.24) is 0 Å². The highest BCUT2D eigenvalue weighted by Crippen LogP contribution is 2.65. The predicted molar refractivity (Wildman–Crippen MR) is 398 cm³/mol. The van der Waals surface area contributed by atoms with E-state index < -0.39 is 5.41 Å². The molecular weight excluding hydrogens is 1160 g/mol. The lowest BCUT2D eigenvalue weighted by atomic mass is 9.67. The second kappa shape index (κ2) is 22.7. The van der Waals surface area contributed by atoms with Crippen molar-refractivity contribution in [3.8, 4) is 22.3 Å². The van der Waals surface area contributed by atoms with Crippen molar-refractivity contribution in [1.29, 1.82) is 0 Å². The first-order chi connectivity index (χ1) is 45.1. The van der Waals surface area contributed by atoms with E-state index in [1.165, 1.54) is 32.7 Å². The van der Waals surface area contributed by atoms with Crippen LogP contribution in [0.15, 0.2) is 286 Å². The molecule has 0 saturated carbocycles. The van der Waals surface area contributed by atoms with Crippen molar-refractivity contribution in [3.05, 3.63) is 311 Å². The minimum atomic E-state index is -1.00. The Kier molecular flexibility index (Phi) is 14.6. The third-order valence-electron chi connectivity index (χ3n) is 19.5. The van der Waals surface area contributed by atoms with Gasteiger partial charge in [-0.3, -0.25) is 0 Å². The summed E-state index contributed by atoms with van der Waals surface area (Å²) in [5.41, 5.74) is 22.4. The molecule has 1 atom stereocenters. The number of anilines is 6. The molecule has 0 fully saturated rings. The van der Waals surface area contributed by atoms with E-state index >= 15 is 0 Å². The Bertz CT molecular complexity index is 5130. The van der Waals surface area contributed by atoms with E-state index in [-0.39, 0.29) is 21.7 Å². The Morgan fingerprint density at radius 1 is 0.309 bits per heavy atom. The van der Waals surface area contributed by atoms with Gasteiger partial charge in [-0.25, -0.2) is 0 Å². The topological polar surface area (TPSA) is 32.8 Å². The monoisotopic (exact) mass is 1240 g/mol. The summed E-state index contributed by atoms with van der Waals surface area (Å²) in [4.78, 5) is 7.23. The van der Waals surface area contributed by atoms with E-state index in [1.807, 2.05) is 0 Å². The van der Waals surface area contributed by atoms with Crippen molar-refractivity contribution in [2.24, 2.45) is 0 Å². The summed E-state index contributed by atoms with van der Waals surface area (Å²) in [6, 6.07) is 99.6. The molecule has 1 aliphatic carbocycles. The average Bonchev–Trinajstić information content (AvgIpc) is 1.50. The molecular formula is C89H80N2O2S. The van der Waals surface area contributed by atoms with Crippen LogP contribution in [0.4, 0.5) is 34.1 Å². The Balaban J connectivity index is 1.10. The molecule has 1 unspecified atom stereocenters. The minimum Gasteiger partial charge on any atom is -0.455 e. The second-order valence-corrected chi connectivity index (χ2v) is 30.9. The number of para-hydroxylation sites is 4. The first-order valence-electron chi connectivity index (χ1n) is 33.1. The van der Waals surface area contributed by atoms with Gasteiger partial charge in [-0.05, 0) is 174 Å². The van der Waals surface area contributed by atoms with Crippen molar-refractivity contribution in [2.75, 3.05) is 9.80 Å². The lowest BCUT2D eigenvalue weighted by Gasteiger charge is -2.36. The van der Waals surface area contributed by atoms with E-state index in [1.54, 1.807) is 11.8 Å². The van der Waals surface area contributed by atoms with Gasteiger partial charge in [0.25, 0.3) is 0 Å². The molecule has 5 heteroatoms. The molecule has 14 aromatic rings. The van der Waals surface area contributed by atoms with E-state index in [2.05, 4.69) is 360 Å². The van der Waals surface area contributed by atoms with Crippen molar-refractivity contribution < 1.29 is 8.83 Å². The van der Waals surface area contributed by atoms with Crippen molar-refractivity contribution in [3.63, 3.8) is 0 Å². The van der Waals surface area contributed by atoms with E-state index in [0.29, 0.717) is 0 Å². The number of rotatable bonds is 11. The first kappa shape index (κ1) is 60.4. The maximum absolute atomic E-state index is 7.69. The Morgan fingerprint density at radius 2 is 0.649 bits per heavy atom. The molecule has 464 valence electrons. The summed E-state index contributed by atoms with van der Waals surface area (Å²) >= 11 is 1.80. The normalized spacial score (nSPS) is 14.3. The lowest BCUT2D eigenvalue weighted by Crippen LogP contribution is -2.29. The highest BCUT2D eigenvalue weighted by Gasteiger charge is 2.51. The van der Waals surface area contributed by atoms with Gasteiger partial charge < -0.3 is 18.6 Å². The van der Waals surface area contributed by atoms with Crippen LogP contribution in [-0.2, 0) is 27.1 Å². The van der Waals surface area contributed by atoms with Gasteiger partial charge in [-0.2, -0.15) is 0 Å². The van der Waals surface area contributed by atoms with Crippen molar-refractivity contribution >= 4 is 89.8 Å². The molecule has 0 aliphatic heterocycles. The molecule has 0 spiro atoms. The molecule has 2 aromatic heterocycles. The van der Waals surface area contributed by atoms with Gasteiger partial charge in [0.15, 0.2) is 5.58 Å². The third kappa shape index (κ3) is 10.4. The SMILES string of the molecule is CC(C)(C)c1ccc(Sc2ccc(C3(c4ccc(-c5ccc(C(C)(C)C)cc5)cc4)c4cc(N(c5ccccc5)c5ccc(C(C)(C)C)cc5)c5c(oc6ccccc65)c4-c4c3cc(N(c3ccccc3)c3ccc(C(C)(C)C)cc3)c3oc5ccccc5c43)cc2)cc1. The molecule has 0 N–H and O–H groups in total. The molecule has 0 bridgehead atoms. The quantitative estimate of drug-likeness (QED) is 0.129. The molecule has 12 aromatic carbocycles. The smallest absolute Gasteiger partial charge is 0.160 e. The number of nitrogens with zero attached hydrogens (tertiary/aromatic N) is 2. The number of hydrogen-bond acceptors (Lipinski definition) is 5. The summed E-state index contributed by atoms with van der Waals surface area (Å²) in [6.07, 6.45) is 0. The maximum atomic E-state index is 7.69. The van der Waals surface area contributed by atoms with Gasteiger partial charge in [0.1, 0.15) is 16.7 Å². The highest BCUT2D eigenvalue weighted by molar-refractivity contribution is 7.99. The summed E-state index contributed by atoms with van der Waals surface area (Å²) < 4.78 is 15.2. The predicted octanol–water partition coefficient (Wildman–Crippen LogP) is 25.8. The number of fused-ring (bicyclic) bond motifs is 11. The van der Waals surface area contributed by atoms with Crippen LogP contribution in [-0.4, -0.2) is 0 Å². The zero-order chi connectivity index (χ0) is 65.1. The highest BCUT2D eigenvalue weighted by atomic mass is 32.2. The average molecular weight is 1240 g/mol. The van der Waals surface area contributed by atoms with Gasteiger partial charge in [-0.15, -0.1) is 0 Å². The lowest BCUT2D eigenvalue weighted by molar-refractivity contribution is 0.589. The molecule has 15 rings (SSSR count). The van der Waals surface area contributed by atoms with Crippen LogP contribution in [0.5, 0.6) is 0 Å². The summed E-state index contributed by atoms with van der Waals surface area (Å²) in [5.74, 6) is 0. The van der Waals surface area contributed by atoms with E-state index in [4.69, 9.17) is 8.83 Å². The maximum Gasteiger partial charge on any atom is 0.160 e. The summed E-state index contributed by atoms with van der Waals surface area (Å²) in [7, 11) is 0. The number of furan rings is 2. The molecule has 1 aliphatic rings. The molecule has 94 heavy (non-hydrogen) atoms. The zero-order valence-corrected chi connectivity index (χ0v) is 56.8. The fourth-order valence-electron chi connectivity index (χ4n) is 14.4. The standard InChI is InChI=1S/C89H80N2O2S/c1-85(2,3)59-35-31-57(32-36-59)58-33-37-63(38-34-58)89(64-45-53-70(54-46-64)94-69-51-43-62(44-52-69)88(10,11)12)73-56-76(91(66-25-17-14-18-26-66)68-49-41-61(42-50-68)87(7,8)9)83-80(72-28-20-22-30-78(72)92-83)81(73)82-74(89)55-75(79-71-27-19-21-29-77(71)93-84(79)82)90(65-23-15-13-16-24-65)67-47-39-60(40-48-67)86(4,5)6/h13-56H,1-12H3. The van der Waals surface area contributed by atoms with Crippen LogP contribution in [0, 0.1) is 0 Å².